The Kier molecular flexibility index (Phi) is 6.23. The quantitative estimate of drug-likeness (QED) is 0.149. The van der Waals surface area contributed by atoms with Crippen molar-refractivity contribution in [3.63, 3.8) is 0 Å². The van der Waals surface area contributed by atoms with Crippen LogP contribution in [0.15, 0.2) is 242 Å². The highest BCUT2D eigenvalue weighted by Crippen LogP contribution is 2.39. The third kappa shape index (κ3) is 6.41. The smallest absolute Gasteiger partial charge is 0.0645 e. The van der Waals surface area contributed by atoms with Crippen molar-refractivity contribution in [2.75, 3.05) is 4.90 Å². The summed E-state index contributed by atoms with van der Waals surface area (Å²) in [6, 6.07) is 45.1. The molecule has 2 heteroatoms. The molecule has 0 unspecified atom stereocenters. The van der Waals surface area contributed by atoms with E-state index in [1.165, 1.54) is 0 Å². The molecule has 282 valence electrons. The lowest BCUT2D eigenvalue weighted by Gasteiger charge is -2.26. The zero-order chi connectivity index (χ0) is 50.3. The minimum absolute atomic E-state index is 0.0441. The average molecular weight is 777 g/mol. The van der Waals surface area contributed by atoms with Gasteiger partial charge in [0.05, 0.1) is 27.5 Å². The summed E-state index contributed by atoms with van der Waals surface area (Å²) in [5.74, 6) is 0. The average Bonchev–Trinajstić information content (AvgIpc) is 3.74. The van der Waals surface area contributed by atoms with Crippen LogP contribution >= 0.6 is 0 Å². The van der Waals surface area contributed by atoms with Gasteiger partial charge in [0.2, 0.25) is 0 Å². The van der Waals surface area contributed by atoms with E-state index in [9.17, 15) is 16.4 Å². The molecule has 11 rings (SSSR count). The zero-order valence-corrected chi connectivity index (χ0v) is 32.1. The fraction of sp³-hybridized carbons (Fsp3) is 0. The molecular formula is C58H40N2. The fourth-order valence-corrected chi connectivity index (χ4v) is 7.92. The van der Waals surface area contributed by atoms with Crippen LogP contribution < -0.4 is 4.90 Å². The molecular weight excluding hydrogens is 725 g/mol. The summed E-state index contributed by atoms with van der Waals surface area (Å²) in [6.07, 6.45) is 0. The highest BCUT2D eigenvalue weighted by molar-refractivity contribution is 6.09. The van der Waals surface area contributed by atoms with E-state index >= 15 is 0 Å². The van der Waals surface area contributed by atoms with Crippen LogP contribution in [0.25, 0.3) is 82.8 Å². The van der Waals surface area contributed by atoms with Gasteiger partial charge in [0.1, 0.15) is 0 Å². The molecule has 10 aromatic carbocycles. The van der Waals surface area contributed by atoms with E-state index in [0.717, 1.165) is 43.2 Å². The lowest BCUT2D eigenvalue weighted by atomic mass is 9.98. The Bertz CT molecular complexity index is 3870. The minimum Gasteiger partial charge on any atom is -0.311 e. The SMILES string of the molecule is [2H]c1c([2H])c(N(c2c([2H])c([2H])c(-c3cccc(-n4c5ccccc5c5ccccc54)c3)c([2H])c2[2H])c2c([2H])c([2H])c(-c3cccc4ccccc34)c([2H])c2[2H])c([2H])c([2H])c1-c1ccc(-c2ccccc2)cc1. The Hall–Kier alpha value is -7.94. The second kappa shape index (κ2) is 15.1. The van der Waals surface area contributed by atoms with E-state index in [1.807, 2.05) is 121 Å². The summed E-state index contributed by atoms with van der Waals surface area (Å²) in [7, 11) is 0. The largest absolute Gasteiger partial charge is 0.311 e. The molecule has 0 bridgehead atoms. The predicted molar refractivity (Wildman–Crippen MR) is 255 cm³/mol. The number of anilines is 3. The van der Waals surface area contributed by atoms with E-state index in [0.29, 0.717) is 27.8 Å². The molecule has 11 aromatic rings. The first-order valence-corrected chi connectivity index (χ1v) is 19.6. The van der Waals surface area contributed by atoms with Crippen molar-refractivity contribution in [2.24, 2.45) is 0 Å². The van der Waals surface area contributed by atoms with Gasteiger partial charge in [-0.15, -0.1) is 0 Å². The molecule has 60 heavy (non-hydrogen) atoms. The van der Waals surface area contributed by atoms with Crippen LogP contribution in [-0.2, 0) is 0 Å². The molecule has 0 fully saturated rings. The van der Waals surface area contributed by atoms with Gasteiger partial charge in [-0.1, -0.05) is 182 Å². The number of hydrogen-bond donors (Lipinski definition) is 0. The van der Waals surface area contributed by atoms with Crippen molar-refractivity contribution >= 4 is 49.6 Å². The number of para-hydroxylation sites is 2. The molecule has 0 amide bonds. The number of aromatic nitrogens is 1. The second-order valence-electron chi connectivity index (χ2n) is 14.4. The van der Waals surface area contributed by atoms with Gasteiger partial charge in [-0.3, -0.25) is 0 Å². The Balaban J connectivity index is 1.15. The molecule has 0 saturated carbocycles. The van der Waals surface area contributed by atoms with E-state index < -0.39 is 89.6 Å². The third-order valence-corrected chi connectivity index (χ3v) is 10.8. The van der Waals surface area contributed by atoms with Crippen molar-refractivity contribution in [2.45, 2.75) is 0 Å². The summed E-state index contributed by atoms with van der Waals surface area (Å²) in [5.41, 5.74) is 3.51. The summed E-state index contributed by atoms with van der Waals surface area (Å²) in [4.78, 5) is 0.857. The Morgan fingerprint density at radius 1 is 0.317 bits per heavy atom. The molecule has 0 atom stereocenters. The normalized spacial score (nSPS) is 14.1. The molecule has 0 aliphatic heterocycles. The molecule has 0 N–H and O–H groups in total. The van der Waals surface area contributed by atoms with Gasteiger partial charge in [0.15, 0.2) is 0 Å². The number of hydrogen-bond acceptors (Lipinski definition) is 1. The second-order valence-corrected chi connectivity index (χ2v) is 14.4. The lowest BCUT2D eigenvalue weighted by Crippen LogP contribution is -2.09. The van der Waals surface area contributed by atoms with Crippen LogP contribution in [0.3, 0.4) is 0 Å². The van der Waals surface area contributed by atoms with E-state index in [2.05, 4.69) is 4.57 Å². The van der Waals surface area contributed by atoms with Gasteiger partial charge < -0.3 is 9.47 Å². The number of rotatable bonds is 8. The summed E-state index contributed by atoms with van der Waals surface area (Å²) in [6.45, 7) is 0. The summed E-state index contributed by atoms with van der Waals surface area (Å²) < 4.78 is 117. The van der Waals surface area contributed by atoms with Gasteiger partial charge in [-0.05, 0) is 116 Å². The van der Waals surface area contributed by atoms with Crippen molar-refractivity contribution < 1.29 is 16.4 Å². The molecule has 1 aromatic heterocycles. The molecule has 0 aliphatic rings. The highest BCUT2D eigenvalue weighted by Gasteiger charge is 2.16. The first-order chi connectivity index (χ1) is 34.8. The Morgan fingerprint density at radius 2 is 0.750 bits per heavy atom. The minimum atomic E-state index is -0.680. The fourth-order valence-electron chi connectivity index (χ4n) is 7.92. The van der Waals surface area contributed by atoms with Gasteiger partial charge >= 0.3 is 0 Å². The van der Waals surface area contributed by atoms with Crippen LogP contribution in [0, 0.1) is 0 Å². The number of benzene rings is 10. The molecule has 0 saturated heterocycles. The van der Waals surface area contributed by atoms with Crippen LogP contribution in [0.1, 0.15) is 16.4 Å². The third-order valence-electron chi connectivity index (χ3n) is 10.8. The van der Waals surface area contributed by atoms with Gasteiger partial charge in [-0.2, -0.15) is 0 Å². The molecule has 0 radical (unpaired) electrons. The van der Waals surface area contributed by atoms with Crippen molar-refractivity contribution in [1.29, 1.82) is 0 Å². The monoisotopic (exact) mass is 776 g/mol. The maximum atomic E-state index is 9.72. The lowest BCUT2D eigenvalue weighted by molar-refractivity contribution is 1.18. The zero-order valence-electron chi connectivity index (χ0n) is 44.1. The van der Waals surface area contributed by atoms with Crippen LogP contribution in [0.5, 0.6) is 0 Å². The molecule has 1 heterocycles. The maximum Gasteiger partial charge on any atom is 0.0645 e. The highest BCUT2D eigenvalue weighted by atomic mass is 15.1. The number of nitrogens with zero attached hydrogens (tertiary/aromatic N) is 2. The Labute approximate surface area is 367 Å². The standard InChI is InChI=1S/C58H40N2/c1-2-12-41(13-3-1)42-24-26-43(27-25-42)44-28-34-49(35-29-44)59(51-38-32-47(33-39-51)54-21-11-15-46-14-4-5-18-53(46)54)50-36-30-45(31-37-50)48-16-10-17-52(40-48)60-57-22-8-6-19-55(57)56-20-7-9-23-58(56)60/h1-40H/i28D,29D,30D,31D,32D,33D,34D,35D,36D,37D,38D,39D. The van der Waals surface area contributed by atoms with E-state index in [4.69, 9.17) is 0 Å². The predicted octanol–water partition coefficient (Wildman–Crippen LogP) is 16.1. The van der Waals surface area contributed by atoms with Crippen LogP contribution in [-0.4, -0.2) is 4.57 Å². The van der Waals surface area contributed by atoms with E-state index in [-0.39, 0.29) is 16.7 Å². The van der Waals surface area contributed by atoms with Crippen molar-refractivity contribution in [3.8, 4) is 50.2 Å². The topological polar surface area (TPSA) is 8.17 Å². The van der Waals surface area contributed by atoms with Gasteiger partial charge in [0.25, 0.3) is 0 Å². The summed E-state index contributed by atoms with van der Waals surface area (Å²) >= 11 is 0. The summed E-state index contributed by atoms with van der Waals surface area (Å²) in [5, 5.41) is 3.50. The first-order valence-electron chi connectivity index (χ1n) is 25.6. The first kappa shape index (κ1) is 24.7. The number of fused-ring (bicyclic) bond motifs is 4. The molecule has 0 spiro atoms. The van der Waals surface area contributed by atoms with Crippen LogP contribution in [0.4, 0.5) is 17.1 Å². The van der Waals surface area contributed by atoms with Crippen molar-refractivity contribution in [1.82, 2.24) is 4.57 Å². The Morgan fingerprint density at radius 3 is 1.37 bits per heavy atom. The van der Waals surface area contributed by atoms with Crippen LogP contribution in [0.2, 0.25) is 0 Å². The molecule has 0 aliphatic carbocycles. The molecule has 2 nitrogen and oxygen atoms in total. The van der Waals surface area contributed by atoms with Gasteiger partial charge in [0, 0.05) is 33.5 Å². The maximum absolute atomic E-state index is 9.72. The van der Waals surface area contributed by atoms with E-state index in [1.54, 1.807) is 48.5 Å². The van der Waals surface area contributed by atoms with Crippen molar-refractivity contribution in [3.05, 3.63) is 242 Å². The van der Waals surface area contributed by atoms with Gasteiger partial charge in [-0.25, -0.2) is 0 Å².